The number of hydrogen-bond acceptors (Lipinski definition) is 4. The molecule has 0 N–H and O–H groups in total. The molecule has 3 rings (SSSR count). The molecule has 2 unspecified atom stereocenters. The van der Waals surface area contributed by atoms with Crippen LogP contribution in [0.2, 0.25) is 13.1 Å². The fourth-order valence-electron chi connectivity index (χ4n) is 5.10. The number of nitrogens with zero attached hydrogens (tertiary/aromatic N) is 2. The Morgan fingerprint density at radius 2 is 1.78 bits per heavy atom. The van der Waals surface area contributed by atoms with E-state index in [1.807, 2.05) is 38.3 Å². The Balaban J connectivity index is 1.90. The van der Waals surface area contributed by atoms with Crippen LogP contribution in [0.3, 0.4) is 0 Å². The minimum Gasteiger partial charge on any atom is -0.483 e. The lowest BCUT2D eigenvalue weighted by Crippen LogP contribution is -2.32. The van der Waals surface area contributed by atoms with Crippen LogP contribution in [0.4, 0.5) is 0 Å². The van der Waals surface area contributed by atoms with E-state index >= 15 is 0 Å². The second-order valence-corrected chi connectivity index (χ2v) is 13.0. The van der Waals surface area contributed by atoms with Crippen LogP contribution in [-0.4, -0.2) is 25.3 Å². The van der Waals surface area contributed by atoms with Crippen LogP contribution in [0.25, 0.3) is 5.70 Å². The van der Waals surface area contributed by atoms with Crippen molar-refractivity contribution in [3.05, 3.63) is 69.6 Å². The van der Waals surface area contributed by atoms with Crippen molar-refractivity contribution in [3.63, 3.8) is 0 Å². The van der Waals surface area contributed by atoms with Crippen molar-refractivity contribution >= 4 is 14.7 Å². The van der Waals surface area contributed by atoms with Crippen LogP contribution in [0.1, 0.15) is 102 Å². The topological polar surface area (TPSA) is 64.2 Å². The average Bonchev–Trinajstić information content (AvgIpc) is 2.85. The molecule has 2 atom stereocenters. The van der Waals surface area contributed by atoms with Crippen molar-refractivity contribution in [2.75, 3.05) is 0 Å². The third kappa shape index (κ3) is 7.93. The SMILES string of the molecule is CCCCC(CCC(CCCC)c1ccn(C2=CC(C)(C)Oc3ccc(C#N)cc32)c(=O)c1)O[Si](C)C. The Labute approximate surface area is 224 Å². The van der Waals surface area contributed by atoms with Crippen molar-refractivity contribution in [3.8, 4) is 11.8 Å². The van der Waals surface area contributed by atoms with E-state index in [1.54, 1.807) is 16.7 Å². The van der Waals surface area contributed by atoms with Gasteiger partial charge in [-0.25, -0.2) is 0 Å². The quantitative estimate of drug-likeness (QED) is 0.255. The van der Waals surface area contributed by atoms with Crippen molar-refractivity contribution in [2.45, 2.75) is 110 Å². The van der Waals surface area contributed by atoms with E-state index in [9.17, 15) is 10.1 Å². The molecule has 0 saturated heterocycles. The monoisotopic (exact) mass is 519 g/mol. The Morgan fingerprint density at radius 1 is 1.05 bits per heavy atom. The van der Waals surface area contributed by atoms with Gasteiger partial charge in [0, 0.05) is 23.9 Å². The molecule has 1 aliphatic rings. The van der Waals surface area contributed by atoms with Gasteiger partial charge in [-0.1, -0.05) is 39.5 Å². The zero-order chi connectivity index (χ0) is 27.0. The molecule has 1 aliphatic heterocycles. The number of aromatic nitrogens is 1. The molecule has 0 amide bonds. The highest BCUT2D eigenvalue weighted by Crippen LogP contribution is 2.37. The summed E-state index contributed by atoms with van der Waals surface area (Å²) in [6.45, 7) is 12.8. The maximum atomic E-state index is 13.5. The first-order chi connectivity index (χ1) is 17.7. The molecule has 0 bridgehead atoms. The number of ether oxygens (including phenoxy) is 1. The molecule has 37 heavy (non-hydrogen) atoms. The van der Waals surface area contributed by atoms with Crippen LogP contribution in [0, 0.1) is 11.3 Å². The van der Waals surface area contributed by atoms with Crippen molar-refractivity contribution in [1.82, 2.24) is 4.57 Å². The number of fused-ring (bicyclic) bond motifs is 1. The first kappa shape index (κ1) is 28.9. The molecule has 5 nitrogen and oxygen atoms in total. The highest BCUT2D eigenvalue weighted by molar-refractivity contribution is 6.48. The second kappa shape index (κ2) is 13.3. The third-order valence-electron chi connectivity index (χ3n) is 6.94. The summed E-state index contributed by atoms with van der Waals surface area (Å²) in [4.78, 5) is 13.5. The zero-order valence-corrected chi connectivity index (χ0v) is 24.5. The van der Waals surface area contributed by atoms with Crippen LogP contribution in [0.15, 0.2) is 47.4 Å². The molecule has 199 valence electrons. The normalized spacial score (nSPS) is 15.9. The van der Waals surface area contributed by atoms with Gasteiger partial charge < -0.3 is 9.16 Å². The van der Waals surface area contributed by atoms with E-state index in [0.29, 0.717) is 23.3 Å². The van der Waals surface area contributed by atoms with Gasteiger partial charge in [-0.05, 0) is 94.4 Å². The van der Waals surface area contributed by atoms with Gasteiger partial charge in [0.2, 0.25) is 9.04 Å². The standard InChI is InChI=1S/C31H43N2O3Si/c1-7-9-11-24(14-15-26(12-10-8-2)36-37(5)6)25-17-18-33(30(34)20-25)28-21-31(3,4)35-29-16-13-23(22-32)19-27(28)29/h13,16-21,24,26H,7-12,14-15H2,1-6H3. The maximum absolute atomic E-state index is 13.5. The van der Waals surface area contributed by atoms with E-state index in [2.05, 4.69) is 39.1 Å². The van der Waals surface area contributed by atoms with Gasteiger partial charge in [-0.2, -0.15) is 5.26 Å². The number of rotatable bonds is 13. The van der Waals surface area contributed by atoms with E-state index in [1.165, 1.54) is 12.8 Å². The molecule has 1 radical (unpaired) electrons. The summed E-state index contributed by atoms with van der Waals surface area (Å²) >= 11 is 0. The molecule has 0 aliphatic carbocycles. The van der Waals surface area contributed by atoms with Crippen molar-refractivity contribution in [2.24, 2.45) is 0 Å². The van der Waals surface area contributed by atoms with Gasteiger partial charge in [0.1, 0.15) is 11.4 Å². The predicted octanol–water partition coefficient (Wildman–Crippen LogP) is 7.66. The molecule has 0 spiro atoms. The summed E-state index contributed by atoms with van der Waals surface area (Å²) in [6.07, 6.45) is 13.1. The molecule has 6 heteroatoms. The fraction of sp³-hybridized carbons (Fsp3) is 0.548. The molecule has 1 aromatic heterocycles. The lowest BCUT2D eigenvalue weighted by molar-refractivity contribution is 0.157. The Hall–Kier alpha value is -2.62. The van der Waals surface area contributed by atoms with E-state index in [-0.39, 0.29) is 5.56 Å². The lowest BCUT2D eigenvalue weighted by Gasteiger charge is -2.31. The minimum absolute atomic E-state index is 0.0531. The Kier molecular flexibility index (Phi) is 10.4. The summed E-state index contributed by atoms with van der Waals surface area (Å²) in [5.41, 5.74) is 2.57. The smallest absolute Gasteiger partial charge is 0.255 e. The zero-order valence-electron chi connectivity index (χ0n) is 23.5. The van der Waals surface area contributed by atoms with Gasteiger partial charge in [0.15, 0.2) is 0 Å². The molecular formula is C31H43N2O3Si. The van der Waals surface area contributed by atoms with Crippen LogP contribution in [-0.2, 0) is 4.43 Å². The average molecular weight is 520 g/mol. The highest BCUT2D eigenvalue weighted by atomic mass is 28.3. The molecule has 2 heterocycles. The third-order valence-corrected chi connectivity index (χ3v) is 7.75. The predicted molar refractivity (Wildman–Crippen MR) is 153 cm³/mol. The second-order valence-electron chi connectivity index (χ2n) is 10.9. The number of nitriles is 1. The summed E-state index contributed by atoms with van der Waals surface area (Å²) in [5.74, 6) is 1.03. The molecular weight excluding hydrogens is 476 g/mol. The first-order valence-electron chi connectivity index (χ1n) is 13.8. The number of hydrogen-bond donors (Lipinski definition) is 0. The lowest BCUT2D eigenvalue weighted by atomic mass is 9.88. The summed E-state index contributed by atoms with van der Waals surface area (Å²) in [7, 11) is -0.744. The number of pyridine rings is 1. The van der Waals surface area contributed by atoms with Crippen molar-refractivity contribution < 1.29 is 9.16 Å². The van der Waals surface area contributed by atoms with E-state index in [4.69, 9.17) is 9.16 Å². The minimum atomic E-state index is -0.744. The fourth-order valence-corrected chi connectivity index (χ4v) is 6.00. The van der Waals surface area contributed by atoms with E-state index in [0.717, 1.165) is 55.3 Å². The van der Waals surface area contributed by atoms with Crippen LogP contribution >= 0.6 is 0 Å². The van der Waals surface area contributed by atoms with Gasteiger partial charge in [0.25, 0.3) is 5.56 Å². The first-order valence-corrected chi connectivity index (χ1v) is 16.2. The molecule has 2 aromatic rings. The molecule has 0 fully saturated rings. The molecule has 1 aromatic carbocycles. The Morgan fingerprint density at radius 3 is 2.43 bits per heavy atom. The van der Waals surface area contributed by atoms with Gasteiger partial charge in [-0.3, -0.25) is 9.36 Å². The van der Waals surface area contributed by atoms with Crippen LogP contribution in [0.5, 0.6) is 5.75 Å². The summed E-state index contributed by atoms with van der Waals surface area (Å²) in [5, 5.41) is 9.42. The molecule has 0 saturated carbocycles. The summed E-state index contributed by atoms with van der Waals surface area (Å²) in [6, 6.07) is 11.5. The number of benzene rings is 1. The summed E-state index contributed by atoms with van der Waals surface area (Å²) < 4.78 is 14.1. The van der Waals surface area contributed by atoms with Crippen molar-refractivity contribution in [1.29, 1.82) is 5.26 Å². The maximum Gasteiger partial charge on any atom is 0.255 e. The van der Waals surface area contributed by atoms with Crippen LogP contribution < -0.4 is 10.3 Å². The number of unbranched alkanes of at least 4 members (excludes halogenated alkanes) is 2. The van der Waals surface area contributed by atoms with Gasteiger partial charge in [-0.15, -0.1) is 0 Å². The van der Waals surface area contributed by atoms with Gasteiger partial charge >= 0.3 is 0 Å². The van der Waals surface area contributed by atoms with E-state index < -0.39 is 14.6 Å². The Bertz CT molecular complexity index is 1180. The highest BCUT2D eigenvalue weighted by Gasteiger charge is 2.28. The van der Waals surface area contributed by atoms with Gasteiger partial charge in [0.05, 0.1) is 17.3 Å². The largest absolute Gasteiger partial charge is 0.483 e.